The lowest BCUT2D eigenvalue weighted by Crippen LogP contribution is -2.22. The molecule has 0 amide bonds. The van der Waals surface area contributed by atoms with Gasteiger partial charge >= 0.3 is 0 Å². The van der Waals surface area contributed by atoms with E-state index in [2.05, 4.69) is 27.1 Å². The van der Waals surface area contributed by atoms with Crippen molar-refractivity contribution in [1.82, 2.24) is 9.78 Å². The third kappa shape index (κ3) is 1.67. The molecular formula is C8H10BrN3. The average molecular weight is 228 g/mol. The zero-order chi connectivity index (χ0) is 9.35. The van der Waals surface area contributed by atoms with Crippen LogP contribution in [0.25, 0.3) is 0 Å². The van der Waals surface area contributed by atoms with Crippen LogP contribution < -0.4 is 0 Å². The van der Waals surface area contributed by atoms with Gasteiger partial charge in [0, 0.05) is 6.20 Å². The predicted octanol–water partition coefficient (Wildman–Crippen LogP) is 2.27. The largest absolute Gasteiger partial charge is 0.265 e. The average Bonchev–Trinajstić information content (AvgIpc) is 2.29. The first-order valence-corrected chi connectivity index (χ1v) is 4.40. The molecule has 4 heteroatoms. The molecule has 3 nitrogen and oxygen atoms in total. The molecule has 0 aliphatic carbocycles. The number of hydrogen-bond donors (Lipinski definition) is 0. The third-order valence-corrected chi connectivity index (χ3v) is 2.06. The summed E-state index contributed by atoms with van der Waals surface area (Å²) in [5, 5.41) is 12.8. The Hall–Kier alpha value is -0.820. The van der Waals surface area contributed by atoms with Gasteiger partial charge in [-0.25, -0.2) is 0 Å². The van der Waals surface area contributed by atoms with Crippen LogP contribution in [0.1, 0.15) is 26.3 Å². The number of halogens is 1. The first kappa shape index (κ1) is 9.27. The summed E-state index contributed by atoms with van der Waals surface area (Å²) in [6.07, 6.45) is 1.74. The maximum absolute atomic E-state index is 8.66. The smallest absolute Gasteiger partial charge is 0.145 e. The van der Waals surface area contributed by atoms with Gasteiger partial charge in [-0.2, -0.15) is 10.4 Å². The zero-order valence-corrected chi connectivity index (χ0v) is 8.88. The molecule has 1 heterocycles. The molecule has 0 saturated carbocycles. The Morgan fingerprint density at radius 1 is 1.58 bits per heavy atom. The highest BCUT2D eigenvalue weighted by Gasteiger charge is 2.16. The predicted molar refractivity (Wildman–Crippen MR) is 49.6 cm³/mol. The van der Waals surface area contributed by atoms with Gasteiger partial charge in [0.2, 0.25) is 0 Å². The van der Waals surface area contributed by atoms with E-state index in [1.165, 1.54) is 0 Å². The lowest BCUT2D eigenvalue weighted by atomic mass is 10.1. The Bertz CT molecular complexity index is 327. The summed E-state index contributed by atoms with van der Waals surface area (Å²) in [4.78, 5) is 0. The van der Waals surface area contributed by atoms with Gasteiger partial charge in [-0.3, -0.25) is 4.68 Å². The quantitative estimate of drug-likeness (QED) is 0.683. The molecule has 0 aliphatic rings. The summed E-state index contributed by atoms with van der Waals surface area (Å²) in [6.45, 7) is 6.11. The summed E-state index contributed by atoms with van der Waals surface area (Å²) in [5.74, 6) is 0. The van der Waals surface area contributed by atoms with Gasteiger partial charge in [0.1, 0.15) is 16.2 Å². The molecule has 0 fully saturated rings. The minimum absolute atomic E-state index is 0.0718. The second kappa shape index (κ2) is 2.91. The number of aromatic nitrogens is 2. The second-order valence-electron chi connectivity index (χ2n) is 3.56. The summed E-state index contributed by atoms with van der Waals surface area (Å²) in [5.41, 5.74) is 0.502. The molecule has 0 aromatic carbocycles. The van der Waals surface area contributed by atoms with Gasteiger partial charge in [0.15, 0.2) is 0 Å². The normalized spacial score (nSPS) is 11.2. The van der Waals surface area contributed by atoms with Crippen molar-refractivity contribution >= 4 is 15.9 Å². The monoisotopic (exact) mass is 227 g/mol. The SMILES string of the molecule is CC(C)(C)n1cc(C#N)c(Br)n1. The van der Waals surface area contributed by atoms with E-state index >= 15 is 0 Å². The topological polar surface area (TPSA) is 41.6 Å². The molecule has 1 rings (SSSR count). The molecule has 0 aliphatic heterocycles. The fourth-order valence-electron chi connectivity index (χ4n) is 0.772. The molecule has 0 spiro atoms. The minimum atomic E-state index is -0.0718. The van der Waals surface area contributed by atoms with Gasteiger partial charge < -0.3 is 0 Å². The van der Waals surface area contributed by atoms with Crippen molar-refractivity contribution in [3.63, 3.8) is 0 Å². The van der Waals surface area contributed by atoms with Crippen LogP contribution >= 0.6 is 15.9 Å². The molecule has 0 unspecified atom stereocenters. The van der Waals surface area contributed by atoms with E-state index in [1.54, 1.807) is 10.9 Å². The number of nitrogens with zero attached hydrogens (tertiary/aromatic N) is 3. The van der Waals surface area contributed by atoms with Crippen molar-refractivity contribution in [3.8, 4) is 6.07 Å². The Labute approximate surface area is 80.1 Å². The van der Waals surface area contributed by atoms with E-state index in [0.717, 1.165) is 0 Å². The van der Waals surface area contributed by atoms with E-state index in [9.17, 15) is 0 Å². The van der Waals surface area contributed by atoms with Crippen LogP contribution in [-0.2, 0) is 5.54 Å². The first-order valence-electron chi connectivity index (χ1n) is 3.61. The molecule has 12 heavy (non-hydrogen) atoms. The van der Waals surface area contributed by atoms with Crippen molar-refractivity contribution < 1.29 is 0 Å². The Balaban J connectivity index is 3.16. The molecule has 1 aromatic rings. The number of nitriles is 1. The van der Waals surface area contributed by atoms with Crippen molar-refractivity contribution in [1.29, 1.82) is 5.26 Å². The molecular weight excluding hydrogens is 218 g/mol. The Kier molecular flexibility index (Phi) is 2.25. The Morgan fingerprint density at radius 2 is 2.17 bits per heavy atom. The van der Waals surface area contributed by atoms with Crippen LogP contribution in [0.15, 0.2) is 10.8 Å². The lowest BCUT2D eigenvalue weighted by molar-refractivity contribution is 0.354. The molecule has 0 bridgehead atoms. The van der Waals surface area contributed by atoms with Crippen LogP contribution in [-0.4, -0.2) is 9.78 Å². The fourth-order valence-corrected chi connectivity index (χ4v) is 1.13. The fraction of sp³-hybridized carbons (Fsp3) is 0.500. The molecule has 0 atom stereocenters. The van der Waals surface area contributed by atoms with Gasteiger partial charge in [-0.15, -0.1) is 0 Å². The number of hydrogen-bond acceptors (Lipinski definition) is 2. The van der Waals surface area contributed by atoms with Crippen molar-refractivity contribution in [3.05, 3.63) is 16.4 Å². The summed E-state index contributed by atoms with van der Waals surface area (Å²) >= 11 is 3.22. The summed E-state index contributed by atoms with van der Waals surface area (Å²) in [6, 6.07) is 2.06. The van der Waals surface area contributed by atoms with E-state index in [4.69, 9.17) is 5.26 Å². The molecule has 0 radical (unpaired) electrons. The van der Waals surface area contributed by atoms with E-state index in [-0.39, 0.29) is 5.54 Å². The highest BCUT2D eigenvalue weighted by atomic mass is 79.9. The van der Waals surface area contributed by atoms with Gasteiger partial charge in [-0.05, 0) is 36.7 Å². The van der Waals surface area contributed by atoms with Crippen LogP contribution in [0.4, 0.5) is 0 Å². The van der Waals surface area contributed by atoms with Crippen LogP contribution in [0, 0.1) is 11.3 Å². The van der Waals surface area contributed by atoms with E-state index in [1.807, 2.05) is 20.8 Å². The van der Waals surface area contributed by atoms with Gasteiger partial charge in [0.05, 0.1) is 5.54 Å². The van der Waals surface area contributed by atoms with E-state index in [0.29, 0.717) is 10.2 Å². The molecule has 0 N–H and O–H groups in total. The van der Waals surface area contributed by atoms with Gasteiger partial charge in [0.25, 0.3) is 0 Å². The molecule has 1 aromatic heterocycles. The zero-order valence-electron chi connectivity index (χ0n) is 7.30. The molecule has 64 valence electrons. The van der Waals surface area contributed by atoms with Crippen LogP contribution in [0.2, 0.25) is 0 Å². The highest BCUT2D eigenvalue weighted by molar-refractivity contribution is 9.10. The minimum Gasteiger partial charge on any atom is -0.265 e. The highest BCUT2D eigenvalue weighted by Crippen LogP contribution is 2.19. The Morgan fingerprint density at radius 3 is 2.42 bits per heavy atom. The second-order valence-corrected chi connectivity index (χ2v) is 4.31. The van der Waals surface area contributed by atoms with Crippen molar-refractivity contribution in [2.45, 2.75) is 26.3 Å². The van der Waals surface area contributed by atoms with E-state index < -0.39 is 0 Å². The van der Waals surface area contributed by atoms with Crippen molar-refractivity contribution in [2.24, 2.45) is 0 Å². The van der Waals surface area contributed by atoms with Crippen LogP contribution in [0.5, 0.6) is 0 Å². The van der Waals surface area contributed by atoms with Crippen molar-refractivity contribution in [2.75, 3.05) is 0 Å². The lowest BCUT2D eigenvalue weighted by Gasteiger charge is -2.18. The number of rotatable bonds is 0. The maximum atomic E-state index is 8.66. The van der Waals surface area contributed by atoms with Gasteiger partial charge in [-0.1, -0.05) is 0 Å². The van der Waals surface area contributed by atoms with Crippen LogP contribution in [0.3, 0.4) is 0 Å². The first-order chi connectivity index (χ1) is 5.45. The summed E-state index contributed by atoms with van der Waals surface area (Å²) in [7, 11) is 0. The standard InChI is InChI=1S/C8H10BrN3/c1-8(2,3)12-5-6(4-10)7(9)11-12/h5H,1-3H3. The maximum Gasteiger partial charge on any atom is 0.145 e. The molecule has 0 saturated heterocycles. The summed E-state index contributed by atoms with van der Waals surface area (Å²) < 4.78 is 2.38. The third-order valence-electron chi connectivity index (χ3n) is 1.48.